The third-order valence-corrected chi connectivity index (χ3v) is 5.45. The molecule has 1 aliphatic heterocycles. The maximum absolute atomic E-state index is 12.4. The second-order valence-electron chi connectivity index (χ2n) is 5.89. The highest BCUT2D eigenvalue weighted by Gasteiger charge is 2.29. The van der Waals surface area contributed by atoms with Gasteiger partial charge >= 0.3 is 5.97 Å². The predicted octanol–water partition coefficient (Wildman–Crippen LogP) is 2.76. The number of carbonyl (C=O) groups is 2. The first-order chi connectivity index (χ1) is 11.6. The van der Waals surface area contributed by atoms with Gasteiger partial charge in [-0.2, -0.15) is 0 Å². The Morgan fingerprint density at radius 3 is 2.54 bits per heavy atom. The minimum Gasteiger partial charge on any atom is -0.481 e. The monoisotopic (exact) mass is 341 g/mol. The molecule has 2 aromatic rings. The summed E-state index contributed by atoms with van der Waals surface area (Å²) in [5.74, 6) is -1.60. The van der Waals surface area contributed by atoms with Crippen LogP contribution in [0.4, 0.5) is 0 Å². The number of amides is 1. The SMILES string of the molecule is O=C(O)C(CNC(=O)C1Cc2ccccc2S1)Cc1ccccc1. The Bertz CT molecular complexity index is 707. The van der Waals surface area contributed by atoms with Crippen molar-refractivity contribution in [2.45, 2.75) is 23.0 Å². The Morgan fingerprint density at radius 2 is 1.83 bits per heavy atom. The fourth-order valence-corrected chi connectivity index (χ4v) is 4.03. The lowest BCUT2D eigenvalue weighted by Crippen LogP contribution is -2.38. The molecule has 4 nitrogen and oxygen atoms in total. The number of carboxylic acids is 1. The van der Waals surface area contributed by atoms with Crippen molar-refractivity contribution in [3.05, 3.63) is 65.7 Å². The Hall–Kier alpha value is -2.27. The molecule has 1 heterocycles. The summed E-state index contributed by atoms with van der Waals surface area (Å²) in [6, 6.07) is 17.5. The molecular weight excluding hydrogens is 322 g/mol. The maximum Gasteiger partial charge on any atom is 0.308 e. The van der Waals surface area contributed by atoms with Gasteiger partial charge in [-0.15, -0.1) is 11.8 Å². The van der Waals surface area contributed by atoms with Gasteiger partial charge in [0.25, 0.3) is 0 Å². The van der Waals surface area contributed by atoms with Crippen LogP contribution >= 0.6 is 11.8 Å². The summed E-state index contributed by atoms with van der Waals surface area (Å²) in [6.45, 7) is 0.149. The van der Waals surface area contributed by atoms with Crippen molar-refractivity contribution in [3.8, 4) is 0 Å². The van der Waals surface area contributed by atoms with Crippen molar-refractivity contribution in [1.29, 1.82) is 0 Å². The average molecular weight is 341 g/mol. The van der Waals surface area contributed by atoms with Gasteiger partial charge in [-0.3, -0.25) is 9.59 Å². The minimum atomic E-state index is -0.887. The van der Waals surface area contributed by atoms with Crippen LogP contribution in [0.25, 0.3) is 0 Å². The van der Waals surface area contributed by atoms with E-state index >= 15 is 0 Å². The molecule has 0 fully saturated rings. The van der Waals surface area contributed by atoms with E-state index < -0.39 is 11.9 Å². The van der Waals surface area contributed by atoms with Crippen LogP contribution in [-0.4, -0.2) is 28.8 Å². The zero-order valence-corrected chi connectivity index (χ0v) is 14.0. The summed E-state index contributed by atoms with van der Waals surface area (Å²) in [4.78, 5) is 25.0. The van der Waals surface area contributed by atoms with Gasteiger partial charge in [0.05, 0.1) is 11.2 Å². The van der Waals surface area contributed by atoms with Gasteiger partial charge in [0, 0.05) is 11.4 Å². The number of nitrogens with one attached hydrogen (secondary N) is 1. The second-order valence-corrected chi connectivity index (χ2v) is 7.13. The molecule has 5 heteroatoms. The summed E-state index contributed by atoms with van der Waals surface area (Å²) in [5.41, 5.74) is 2.14. The lowest BCUT2D eigenvalue weighted by molar-refractivity contribution is -0.141. The molecule has 2 N–H and O–H groups in total. The Balaban J connectivity index is 1.55. The topological polar surface area (TPSA) is 66.4 Å². The zero-order chi connectivity index (χ0) is 16.9. The highest BCUT2D eigenvalue weighted by atomic mass is 32.2. The van der Waals surface area contributed by atoms with Crippen LogP contribution in [-0.2, 0) is 22.4 Å². The number of benzene rings is 2. The van der Waals surface area contributed by atoms with Gasteiger partial charge in [0.2, 0.25) is 5.91 Å². The van der Waals surface area contributed by atoms with Crippen molar-refractivity contribution < 1.29 is 14.7 Å². The molecule has 24 heavy (non-hydrogen) atoms. The predicted molar refractivity (Wildman–Crippen MR) is 94.1 cm³/mol. The number of fused-ring (bicyclic) bond motifs is 1. The lowest BCUT2D eigenvalue weighted by Gasteiger charge is -2.15. The molecule has 0 saturated carbocycles. The van der Waals surface area contributed by atoms with Crippen LogP contribution in [0.2, 0.25) is 0 Å². The van der Waals surface area contributed by atoms with Crippen LogP contribution in [0, 0.1) is 5.92 Å². The number of carboxylic acid groups (broad SMARTS) is 1. The molecule has 124 valence electrons. The summed E-state index contributed by atoms with van der Waals surface area (Å²) >= 11 is 1.55. The van der Waals surface area contributed by atoms with Gasteiger partial charge in [0.1, 0.15) is 0 Å². The summed E-state index contributed by atoms with van der Waals surface area (Å²) in [6.07, 6.45) is 1.11. The van der Waals surface area contributed by atoms with Gasteiger partial charge < -0.3 is 10.4 Å². The van der Waals surface area contributed by atoms with Gasteiger partial charge in [0.15, 0.2) is 0 Å². The smallest absolute Gasteiger partial charge is 0.308 e. The first-order valence-corrected chi connectivity index (χ1v) is 8.80. The molecule has 2 aromatic carbocycles. The van der Waals surface area contributed by atoms with Crippen molar-refractivity contribution >= 4 is 23.6 Å². The molecule has 0 saturated heterocycles. The number of carbonyl (C=O) groups excluding carboxylic acids is 1. The molecule has 0 bridgehead atoms. The first-order valence-electron chi connectivity index (χ1n) is 7.92. The van der Waals surface area contributed by atoms with Crippen LogP contribution in [0.1, 0.15) is 11.1 Å². The molecule has 0 spiro atoms. The van der Waals surface area contributed by atoms with Crippen molar-refractivity contribution in [2.75, 3.05) is 6.54 Å². The zero-order valence-electron chi connectivity index (χ0n) is 13.1. The van der Waals surface area contributed by atoms with Crippen LogP contribution in [0.5, 0.6) is 0 Å². The third kappa shape index (κ3) is 3.97. The Labute approximate surface area is 145 Å². The number of thioether (sulfide) groups is 1. The van der Waals surface area contributed by atoms with Crippen molar-refractivity contribution in [1.82, 2.24) is 5.32 Å². The van der Waals surface area contributed by atoms with Gasteiger partial charge in [-0.25, -0.2) is 0 Å². The van der Waals surface area contributed by atoms with Crippen LogP contribution in [0.3, 0.4) is 0 Å². The van der Waals surface area contributed by atoms with E-state index in [-0.39, 0.29) is 17.7 Å². The molecule has 1 aliphatic rings. The summed E-state index contributed by atoms with van der Waals surface area (Å²) < 4.78 is 0. The minimum absolute atomic E-state index is 0.0875. The first kappa shape index (κ1) is 16.6. The fourth-order valence-electron chi connectivity index (χ4n) is 2.81. The normalized spacial score (nSPS) is 17.1. The number of hydrogen-bond acceptors (Lipinski definition) is 3. The van der Waals surface area contributed by atoms with E-state index in [1.54, 1.807) is 11.8 Å². The number of aliphatic carboxylic acids is 1. The summed E-state index contributed by atoms with van der Waals surface area (Å²) in [7, 11) is 0. The second kappa shape index (κ2) is 7.53. The Morgan fingerprint density at radius 1 is 1.12 bits per heavy atom. The number of hydrogen-bond donors (Lipinski definition) is 2. The fraction of sp³-hybridized carbons (Fsp3) is 0.263. The van der Waals surface area contributed by atoms with Crippen LogP contribution in [0.15, 0.2) is 59.5 Å². The number of rotatable bonds is 6. The quantitative estimate of drug-likeness (QED) is 0.848. The molecule has 2 atom stereocenters. The van der Waals surface area contributed by atoms with E-state index in [1.807, 2.05) is 54.6 Å². The standard InChI is InChI=1S/C19H19NO3S/c21-18(17-11-14-8-4-5-9-16(14)24-17)20-12-15(19(22)23)10-13-6-2-1-3-7-13/h1-9,15,17H,10-12H2,(H,20,21)(H,22,23). The van der Waals surface area contributed by atoms with E-state index in [2.05, 4.69) is 5.32 Å². The van der Waals surface area contributed by atoms with E-state index in [1.165, 1.54) is 5.56 Å². The molecule has 0 aromatic heterocycles. The lowest BCUT2D eigenvalue weighted by atomic mass is 9.99. The third-order valence-electron chi connectivity index (χ3n) is 4.14. The molecule has 0 aliphatic carbocycles. The van der Waals surface area contributed by atoms with Crippen LogP contribution < -0.4 is 5.32 Å². The molecule has 2 unspecified atom stereocenters. The molecule has 0 radical (unpaired) electrons. The van der Waals surface area contributed by atoms with Crippen molar-refractivity contribution in [2.24, 2.45) is 5.92 Å². The highest BCUT2D eigenvalue weighted by molar-refractivity contribution is 8.01. The van der Waals surface area contributed by atoms with E-state index in [4.69, 9.17) is 0 Å². The Kier molecular flexibility index (Phi) is 5.20. The van der Waals surface area contributed by atoms with E-state index in [0.717, 1.165) is 10.5 Å². The molecule has 1 amide bonds. The van der Waals surface area contributed by atoms with E-state index in [0.29, 0.717) is 12.8 Å². The van der Waals surface area contributed by atoms with Crippen molar-refractivity contribution in [3.63, 3.8) is 0 Å². The van der Waals surface area contributed by atoms with Gasteiger partial charge in [-0.05, 0) is 30.0 Å². The molecule has 3 rings (SSSR count). The molecular formula is C19H19NO3S. The highest BCUT2D eigenvalue weighted by Crippen LogP contribution is 2.36. The largest absolute Gasteiger partial charge is 0.481 e. The average Bonchev–Trinajstić information content (AvgIpc) is 3.03. The van der Waals surface area contributed by atoms with E-state index in [9.17, 15) is 14.7 Å². The maximum atomic E-state index is 12.4. The summed E-state index contributed by atoms with van der Waals surface area (Å²) in [5, 5.41) is 12.0. The van der Waals surface area contributed by atoms with Gasteiger partial charge in [-0.1, -0.05) is 48.5 Å².